The predicted octanol–water partition coefficient (Wildman–Crippen LogP) is 1.52. The highest BCUT2D eigenvalue weighted by Crippen LogP contribution is 2.01. The van der Waals surface area contributed by atoms with Gasteiger partial charge in [0.1, 0.15) is 6.10 Å². The number of ketones is 1. The van der Waals surface area contributed by atoms with Crippen LogP contribution in [0.15, 0.2) is 0 Å². The van der Waals surface area contributed by atoms with Crippen molar-refractivity contribution in [2.45, 2.75) is 45.6 Å². The Morgan fingerprint density at radius 3 is 2.40 bits per heavy atom. The van der Waals surface area contributed by atoms with E-state index in [0.29, 0.717) is 12.8 Å². The van der Waals surface area contributed by atoms with Gasteiger partial charge in [0.05, 0.1) is 0 Å². The summed E-state index contributed by atoms with van der Waals surface area (Å²) in [6.45, 7) is 3.90. The quantitative estimate of drug-likeness (QED) is 0.635. The Labute approximate surface area is 62.2 Å². The molecule has 0 aromatic carbocycles. The van der Waals surface area contributed by atoms with Crippen LogP contribution in [0.4, 0.5) is 0 Å². The summed E-state index contributed by atoms with van der Waals surface area (Å²) in [7, 11) is 0. The zero-order valence-corrected chi connectivity index (χ0v) is 6.76. The van der Waals surface area contributed by atoms with Gasteiger partial charge in [-0.1, -0.05) is 20.3 Å². The molecule has 2 heteroatoms. The monoisotopic (exact) mass is 144 g/mol. The van der Waals surface area contributed by atoms with Crippen LogP contribution < -0.4 is 0 Å². The second-order valence-corrected chi connectivity index (χ2v) is 2.52. The van der Waals surface area contributed by atoms with Gasteiger partial charge in [-0.25, -0.2) is 0 Å². The number of carbonyl (C=O) groups excluding carboxylic acids is 1. The van der Waals surface area contributed by atoms with Gasteiger partial charge in [-0.3, -0.25) is 4.79 Å². The molecule has 0 heterocycles. The standard InChI is InChI=1S/C8H16O2/c1-3-5-7(9)8(10)6-4-2/h7,9H,3-6H2,1-2H3/t7-/m1/s1. The van der Waals surface area contributed by atoms with Crippen LogP contribution >= 0.6 is 0 Å². The molecular formula is C8H16O2. The van der Waals surface area contributed by atoms with Gasteiger partial charge in [0.2, 0.25) is 0 Å². The van der Waals surface area contributed by atoms with E-state index in [1.807, 2.05) is 13.8 Å². The number of hydrogen-bond donors (Lipinski definition) is 1. The second-order valence-electron chi connectivity index (χ2n) is 2.52. The van der Waals surface area contributed by atoms with E-state index in [1.54, 1.807) is 0 Å². The molecule has 0 aromatic heterocycles. The molecule has 60 valence electrons. The second kappa shape index (κ2) is 5.42. The molecule has 0 saturated heterocycles. The van der Waals surface area contributed by atoms with Gasteiger partial charge in [0.25, 0.3) is 0 Å². The molecule has 10 heavy (non-hydrogen) atoms. The van der Waals surface area contributed by atoms with Gasteiger partial charge in [0.15, 0.2) is 5.78 Å². The molecule has 0 aliphatic rings. The molecule has 0 aliphatic carbocycles. The van der Waals surface area contributed by atoms with Gasteiger partial charge >= 0.3 is 0 Å². The lowest BCUT2D eigenvalue weighted by atomic mass is 10.1. The average molecular weight is 144 g/mol. The van der Waals surface area contributed by atoms with Crippen molar-refractivity contribution in [1.29, 1.82) is 0 Å². The van der Waals surface area contributed by atoms with Crippen molar-refractivity contribution in [2.75, 3.05) is 0 Å². The van der Waals surface area contributed by atoms with E-state index in [0.717, 1.165) is 12.8 Å². The zero-order chi connectivity index (χ0) is 7.98. The van der Waals surface area contributed by atoms with Crippen LogP contribution in [0.3, 0.4) is 0 Å². The first kappa shape index (κ1) is 9.63. The summed E-state index contributed by atoms with van der Waals surface area (Å²) in [5, 5.41) is 9.10. The van der Waals surface area contributed by atoms with Gasteiger partial charge in [-0.05, 0) is 12.8 Å². The Balaban J connectivity index is 3.49. The highest BCUT2D eigenvalue weighted by Gasteiger charge is 2.11. The smallest absolute Gasteiger partial charge is 0.161 e. The molecule has 2 nitrogen and oxygen atoms in total. The lowest BCUT2D eigenvalue weighted by molar-refractivity contribution is -0.127. The van der Waals surface area contributed by atoms with E-state index in [2.05, 4.69) is 0 Å². The first-order valence-corrected chi connectivity index (χ1v) is 3.93. The van der Waals surface area contributed by atoms with E-state index in [-0.39, 0.29) is 5.78 Å². The van der Waals surface area contributed by atoms with E-state index in [9.17, 15) is 4.79 Å². The lowest BCUT2D eigenvalue weighted by Crippen LogP contribution is -2.19. The van der Waals surface area contributed by atoms with Crippen molar-refractivity contribution in [1.82, 2.24) is 0 Å². The molecule has 0 rings (SSSR count). The lowest BCUT2D eigenvalue weighted by Gasteiger charge is -2.05. The van der Waals surface area contributed by atoms with E-state index in [1.165, 1.54) is 0 Å². The molecule has 0 fully saturated rings. The number of hydrogen-bond acceptors (Lipinski definition) is 2. The molecule has 0 radical (unpaired) electrons. The normalized spacial score (nSPS) is 13.1. The Bertz CT molecular complexity index is 99.4. The topological polar surface area (TPSA) is 37.3 Å². The largest absolute Gasteiger partial charge is 0.385 e. The van der Waals surface area contributed by atoms with Crippen molar-refractivity contribution in [3.63, 3.8) is 0 Å². The van der Waals surface area contributed by atoms with Gasteiger partial charge in [0, 0.05) is 6.42 Å². The summed E-state index contributed by atoms with van der Waals surface area (Å²) in [4.78, 5) is 10.9. The fourth-order valence-corrected chi connectivity index (χ4v) is 0.847. The number of carbonyl (C=O) groups is 1. The van der Waals surface area contributed by atoms with E-state index < -0.39 is 6.10 Å². The minimum atomic E-state index is -0.704. The molecule has 0 amide bonds. The molecule has 0 spiro atoms. The fraction of sp³-hybridized carbons (Fsp3) is 0.875. The maximum Gasteiger partial charge on any atom is 0.161 e. The van der Waals surface area contributed by atoms with Crippen molar-refractivity contribution >= 4 is 5.78 Å². The van der Waals surface area contributed by atoms with Crippen LogP contribution in [0.1, 0.15) is 39.5 Å². The molecule has 0 aliphatic heterocycles. The molecule has 0 bridgehead atoms. The third-order valence-electron chi connectivity index (χ3n) is 1.43. The predicted molar refractivity (Wildman–Crippen MR) is 40.8 cm³/mol. The van der Waals surface area contributed by atoms with Crippen LogP contribution in [0, 0.1) is 0 Å². The molecule has 1 N–H and O–H groups in total. The van der Waals surface area contributed by atoms with Crippen molar-refractivity contribution in [3.05, 3.63) is 0 Å². The fourth-order valence-electron chi connectivity index (χ4n) is 0.847. The molecule has 0 saturated carbocycles. The summed E-state index contributed by atoms with van der Waals surface area (Å²) < 4.78 is 0. The maximum atomic E-state index is 10.9. The highest BCUT2D eigenvalue weighted by molar-refractivity contribution is 5.82. The summed E-state index contributed by atoms with van der Waals surface area (Å²) in [5.74, 6) is -0.00986. The average Bonchev–Trinajstić information content (AvgIpc) is 1.89. The summed E-state index contributed by atoms with van der Waals surface area (Å²) in [5.41, 5.74) is 0. The van der Waals surface area contributed by atoms with Crippen LogP contribution in [-0.4, -0.2) is 17.0 Å². The Morgan fingerprint density at radius 2 is 2.00 bits per heavy atom. The van der Waals surface area contributed by atoms with Gasteiger partial charge in [-0.15, -0.1) is 0 Å². The molecule has 1 atom stereocenters. The van der Waals surface area contributed by atoms with Crippen molar-refractivity contribution < 1.29 is 9.90 Å². The minimum absolute atomic E-state index is 0.00986. The van der Waals surface area contributed by atoms with Gasteiger partial charge in [-0.2, -0.15) is 0 Å². The zero-order valence-electron chi connectivity index (χ0n) is 6.76. The van der Waals surface area contributed by atoms with Gasteiger partial charge < -0.3 is 5.11 Å². The third-order valence-corrected chi connectivity index (χ3v) is 1.43. The molecular weight excluding hydrogens is 128 g/mol. The SMILES string of the molecule is CCCC(=O)[C@H](O)CCC. The van der Waals surface area contributed by atoms with Crippen LogP contribution in [0.2, 0.25) is 0 Å². The van der Waals surface area contributed by atoms with Crippen molar-refractivity contribution in [2.24, 2.45) is 0 Å². The summed E-state index contributed by atoms with van der Waals surface area (Å²) in [6, 6.07) is 0. The maximum absolute atomic E-state index is 10.9. The Kier molecular flexibility index (Phi) is 5.22. The molecule has 0 aromatic rings. The van der Waals surface area contributed by atoms with Crippen LogP contribution in [0.5, 0.6) is 0 Å². The number of rotatable bonds is 5. The Hall–Kier alpha value is -0.370. The number of Topliss-reactive ketones (excluding diaryl/α,β-unsaturated/α-hetero) is 1. The van der Waals surface area contributed by atoms with Crippen LogP contribution in [0.25, 0.3) is 0 Å². The minimum Gasteiger partial charge on any atom is -0.385 e. The van der Waals surface area contributed by atoms with Crippen LogP contribution in [-0.2, 0) is 4.79 Å². The van der Waals surface area contributed by atoms with E-state index in [4.69, 9.17) is 5.11 Å². The summed E-state index contributed by atoms with van der Waals surface area (Å²) >= 11 is 0. The Morgan fingerprint density at radius 1 is 1.40 bits per heavy atom. The third kappa shape index (κ3) is 3.62. The number of aliphatic hydroxyl groups is 1. The van der Waals surface area contributed by atoms with E-state index >= 15 is 0 Å². The molecule has 0 unspecified atom stereocenters. The number of aliphatic hydroxyl groups excluding tert-OH is 1. The first-order valence-electron chi connectivity index (χ1n) is 3.93. The first-order chi connectivity index (χ1) is 4.72. The highest BCUT2D eigenvalue weighted by atomic mass is 16.3. The summed E-state index contributed by atoms with van der Waals surface area (Å²) in [6.07, 6.45) is 2.13. The van der Waals surface area contributed by atoms with Crippen molar-refractivity contribution in [3.8, 4) is 0 Å².